The first-order valence-electron chi connectivity index (χ1n) is 6.43. The van der Waals surface area contributed by atoms with Gasteiger partial charge in [-0.3, -0.25) is 4.79 Å². The highest BCUT2D eigenvalue weighted by molar-refractivity contribution is 7.58. The van der Waals surface area contributed by atoms with Crippen LogP contribution in [-0.4, -0.2) is 11.9 Å². The number of hydrogen-bond acceptors (Lipinski definition) is 3. The van der Waals surface area contributed by atoms with Gasteiger partial charge in [-0.05, 0) is 61.0 Å². The number of ether oxygens (including phenoxy) is 2. The number of fused-ring (bicyclic) bond motifs is 1. The summed E-state index contributed by atoms with van der Waals surface area (Å²) in [6.45, 7) is 5.20. The van der Waals surface area contributed by atoms with E-state index in [9.17, 15) is 4.79 Å². The fourth-order valence-corrected chi connectivity index (χ4v) is 2.36. The SMILES string of the molecule is CC(=O)OC(C)(C)c1ccc2cc(OC[SH2+])ccc2c1. The Morgan fingerprint density at radius 3 is 2.45 bits per heavy atom. The second-order valence-electron chi connectivity index (χ2n) is 5.12. The summed E-state index contributed by atoms with van der Waals surface area (Å²) >= 11 is 3.29. The van der Waals surface area contributed by atoms with Crippen LogP contribution in [0.4, 0.5) is 0 Å². The number of carbonyl (C=O) groups is 1. The molecule has 0 radical (unpaired) electrons. The molecule has 3 nitrogen and oxygen atoms in total. The molecular formula is C16H19O3S+. The minimum atomic E-state index is -0.634. The van der Waals surface area contributed by atoms with Crippen molar-refractivity contribution in [3.63, 3.8) is 0 Å². The van der Waals surface area contributed by atoms with Crippen LogP contribution in [0.2, 0.25) is 0 Å². The molecule has 0 amide bonds. The van der Waals surface area contributed by atoms with Gasteiger partial charge in [-0.25, -0.2) is 0 Å². The summed E-state index contributed by atoms with van der Waals surface area (Å²) in [6.07, 6.45) is 0. The van der Waals surface area contributed by atoms with E-state index >= 15 is 0 Å². The fourth-order valence-electron chi connectivity index (χ4n) is 2.19. The van der Waals surface area contributed by atoms with Gasteiger partial charge in [-0.15, -0.1) is 0 Å². The number of hydrogen-bond donors (Lipinski definition) is 0. The van der Waals surface area contributed by atoms with Crippen molar-refractivity contribution in [1.29, 1.82) is 0 Å². The van der Waals surface area contributed by atoms with Gasteiger partial charge in [0.2, 0.25) is 5.94 Å². The summed E-state index contributed by atoms with van der Waals surface area (Å²) in [4.78, 5) is 11.2. The Labute approximate surface area is 124 Å². The molecule has 0 aliphatic carbocycles. The average Bonchev–Trinajstić information content (AvgIpc) is 2.37. The summed E-state index contributed by atoms with van der Waals surface area (Å²) in [5.74, 6) is 0.999. The minimum absolute atomic E-state index is 0.282. The van der Waals surface area contributed by atoms with Crippen molar-refractivity contribution in [3.8, 4) is 5.75 Å². The summed E-state index contributed by atoms with van der Waals surface area (Å²) in [7, 11) is 0. The van der Waals surface area contributed by atoms with E-state index in [1.807, 2.05) is 50.2 Å². The molecule has 106 valence electrons. The van der Waals surface area contributed by atoms with E-state index in [0.29, 0.717) is 5.94 Å². The highest BCUT2D eigenvalue weighted by Gasteiger charge is 2.23. The predicted octanol–water partition coefficient (Wildman–Crippen LogP) is 2.99. The van der Waals surface area contributed by atoms with Crippen molar-refractivity contribution in [2.24, 2.45) is 0 Å². The zero-order valence-electron chi connectivity index (χ0n) is 11.9. The number of benzene rings is 2. The molecule has 0 heterocycles. The molecular weight excluding hydrogens is 272 g/mol. The first-order valence-corrected chi connectivity index (χ1v) is 7.14. The number of rotatable bonds is 4. The number of esters is 1. The van der Waals surface area contributed by atoms with E-state index in [4.69, 9.17) is 9.47 Å². The van der Waals surface area contributed by atoms with Gasteiger partial charge < -0.3 is 9.47 Å². The largest absolute Gasteiger partial charge is 0.455 e. The predicted molar refractivity (Wildman–Crippen MR) is 84.4 cm³/mol. The lowest BCUT2D eigenvalue weighted by Gasteiger charge is -2.25. The Hall–Kier alpha value is -1.68. The van der Waals surface area contributed by atoms with Crippen molar-refractivity contribution < 1.29 is 14.3 Å². The minimum Gasteiger partial charge on any atom is -0.455 e. The van der Waals surface area contributed by atoms with E-state index in [1.54, 1.807) is 0 Å². The Balaban J connectivity index is 2.39. The first kappa shape index (κ1) is 14.7. The highest BCUT2D eigenvalue weighted by Crippen LogP contribution is 2.29. The highest BCUT2D eigenvalue weighted by atomic mass is 32.1. The molecule has 0 saturated carbocycles. The van der Waals surface area contributed by atoms with Crippen molar-refractivity contribution in [2.75, 3.05) is 5.94 Å². The van der Waals surface area contributed by atoms with Crippen LogP contribution in [0.15, 0.2) is 36.4 Å². The molecule has 20 heavy (non-hydrogen) atoms. The Morgan fingerprint density at radius 2 is 1.80 bits per heavy atom. The normalized spacial score (nSPS) is 11.4. The zero-order chi connectivity index (χ0) is 14.8. The van der Waals surface area contributed by atoms with Crippen LogP contribution in [0.25, 0.3) is 10.8 Å². The molecule has 2 rings (SSSR count). The average molecular weight is 291 g/mol. The third-order valence-electron chi connectivity index (χ3n) is 3.14. The molecule has 0 fully saturated rings. The maximum Gasteiger partial charge on any atom is 0.303 e. The topological polar surface area (TPSA) is 35.5 Å². The fraction of sp³-hybridized carbons (Fsp3) is 0.312. The second kappa shape index (κ2) is 5.75. The molecule has 4 heteroatoms. The van der Waals surface area contributed by atoms with Crippen LogP contribution in [0.5, 0.6) is 5.75 Å². The van der Waals surface area contributed by atoms with Gasteiger partial charge in [0.05, 0.1) is 0 Å². The third-order valence-corrected chi connectivity index (χ3v) is 3.29. The molecule has 2 aromatic rings. The molecule has 0 aromatic heterocycles. The van der Waals surface area contributed by atoms with Crippen molar-refractivity contribution in [1.82, 2.24) is 0 Å². The van der Waals surface area contributed by atoms with Gasteiger partial charge in [0, 0.05) is 6.92 Å². The van der Waals surface area contributed by atoms with Crippen molar-refractivity contribution in [3.05, 3.63) is 42.0 Å². The zero-order valence-corrected chi connectivity index (χ0v) is 12.9. The quantitative estimate of drug-likeness (QED) is 0.642. The van der Waals surface area contributed by atoms with Crippen LogP contribution in [0.3, 0.4) is 0 Å². The van der Waals surface area contributed by atoms with E-state index < -0.39 is 5.60 Å². The molecule has 0 N–H and O–H groups in total. The summed E-state index contributed by atoms with van der Waals surface area (Å²) in [5.41, 5.74) is 0.333. The van der Waals surface area contributed by atoms with Gasteiger partial charge in [-0.1, -0.05) is 18.2 Å². The molecule has 0 spiro atoms. The van der Waals surface area contributed by atoms with Crippen LogP contribution < -0.4 is 4.74 Å². The summed E-state index contributed by atoms with van der Waals surface area (Å²) < 4.78 is 10.8. The Kier molecular flexibility index (Phi) is 4.23. The van der Waals surface area contributed by atoms with Gasteiger partial charge in [-0.2, -0.15) is 0 Å². The summed E-state index contributed by atoms with van der Waals surface area (Å²) in [5, 5.41) is 2.18. The molecule has 2 aromatic carbocycles. The third kappa shape index (κ3) is 3.25. The smallest absolute Gasteiger partial charge is 0.303 e. The second-order valence-corrected chi connectivity index (χ2v) is 5.41. The molecule has 0 bridgehead atoms. The van der Waals surface area contributed by atoms with E-state index in [-0.39, 0.29) is 5.97 Å². The molecule has 0 aliphatic rings. The molecule has 0 unspecified atom stereocenters. The monoisotopic (exact) mass is 291 g/mol. The first-order chi connectivity index (χ1) is 9.42. The number of carbonyl (C=O) groups excluding carboxylic acids is 1. The van der Waals surface area contributed by atoms with Gasteiger partial charge in [0.25, 0.3) is 0 Å². The molecule has 0 saturated heterocycles. The van der Waals surface area contributed by atoms with Gasteiger partial charge >= 0.3 is 5.97 Å². The molecule has 0 atom stereocenters. The van der Waals surface area contributed by atoms with Crippen molar-refractivity contribution in [2.45, 2.75) is 26.4 Å². The van der Waals surface area contributed by atoms with E-state index in [0.717, 1.165) is 22.1 Å². The maximum atomic E-state index is 11.2. The summed E-state index contributed by atoms with van der Waals surface area (Å²) in [6, 6.07) is 11.9. The molecule has 0 aliphatic heterocycles. The standard InChI is InChI=1S/C16H18O3S/c1-11(17)19-16(2,3)14-6-4-13-9-15(18-10-20)7-5-12(13)8-14/h4-9,20H,10H2,1-3H3/p+1. The van der Waals surface area contributed by atoms with Crippen LogP contribution >= 0.6 is 0 Å². The van der Waals surface area contributed by atoms with Crippen molar-refractivity contribution >= 4 is 29.4 Å². The Bertz CT molecular complexity index is 635. The lowest BCUT2D eigenvalue weighted by Crippen LogP contribution is -2.24. The van der Waals surface area contributed by atoms with Gasteiger partial charge in [0.15, 0.2) is 0 Å². The lowest BCUT2D eigenvalue weighted by molar-refractivity contribution is -0.154. The van der Waals surface area contributed by atoms with Crippen LogP contribution in [-0.2, 0) is 27.8 Å². The Morgan fingerprint density at radius 1 is 1.15 bits per heavy atom. The van der Waals surface area contributed by atoms with Crippen LogP contribution in [0.1, 0.15) is 26.3 Å². The maximum absolute atomic E-state index is 11.2. The van der Waals surface area contributed by atoms with E-state index in [2.05, 4.69) is 12.6 Å². The van der Waals surface area contributed by atoms with Gasteiger partial charge in [0.1, 0.15) is 11.4 Å². The van der Waals surface area contributed by atoms with Crippen LogP contribution in [0, 0.1) is 0 Å². The van der Waals surface area contributed by atoms with E-state index in [1.165, 1.54) is 6.92 Å². The lowest BCUT2D eigenvalue weighted by atomic mass is 9.95.